The molecule has 0 unspecified atom stereocenters. The first-order valence-electron chi connectivity index (χ1n) is 9.16. The summed E-state index contributed by atoms with van der Waals surface area (Å²) in [6.45, 7) is 8.35. The van der Waals surface area contributed by atoms with Crippen molar-refractivity contribution >= 4 is 11.7 Å². The summed E-state index contributed by atoms with van der Waals surface area (Å²) in [6.07, 6.45) is 2.25. The second-order valence-corrected chi connectivity index (χ2v) is 7.00. The number of likely N-dealkylation sites (tertiary alicyclic amines) is 1. The first kappa shape index (κ1) is 18.0. The van der Waals surface area contributed by atoms with Gasteiger partial charge in [-0.3, -0.25) is 4.90 Å². The van der Waals surface area contributed by atoms with E-state index in [1.54, 1.807) is 7.11 Å². The number of methoxy groups -OCH3 is 1. The predicted molar refractivity (Wildman–Crippen MR) is 98.3 cm³/mol. The van der Waals surface area contributed by atoms with Crippen molar-refractivity contribution in [3.05, 3.63) is 23.8 Å². The van der Waals surface area contributed by atoms with Gasteiger partial charge in [-0.2, -0.15) is 0 Å². The van der Waals surface area contributed by atoms with Crippen LogP contribution in [0.5, 0.6) is 5.75 Å². The molecule has 25 heavy (non-hydrogen) atoms. The molecule has 1 N–H and O–H groups in total. The third kappa shape index (κ3) is 4.86. The largest absolute Gasteiger partial charge is 0.495 e. The first-order valence-corrected chi connectivity index (χ1v) is 9.16. The van der Waals surface area contributed by atoms with Crippen LogP contribution in [-0.2, 0) is 4.74 Å². The van der Waals surface area contributed by atoms with Crippen molar-refractivity contribution in [3.63, 3.8) is 0 Å². The summed E-state index contributed by atoms with van der Waals surface area (Å²) in [4.78, 5) is 17.1. The molecule has 1 atom stereocenters. The van der Waals surface area contributed by atoms with Crippen LogP contribution in [0.3, 0.4) is 0 Å². The Labute approximate surface area is 150 Å². The molecule has 0 saturated carbocycles. The van der Waals surface area contributed by atoms with Crippen molar-refractivity contribution in [2.45, 2.75) is 19.8 Å². The van der Waals surface area contributed by atoms with Gasteiger partial charge in [0.2, 0.25) is 0 Å². The van der Waals surface area contributed by atoms with E-state index in [1.165, 1.54) is 6.42 Å². The molecule has 2 amide bonds. The Kier molecular flexibility index (Phi) is 6.15. The van der Waals surface area contributed by atoms with Crippen LogP contribution >= 0.6 is 0 Å². The van der Waals surface area contributed by atoms with Gasteiger partial charge in [0.15, 0.2) is 0 Å². The van der Waals surface area contributed by atoms with E-state index in [2.05, 4.69) is 10.2 Å². The highest BCUT2D eigenvalue weighted by Gasteiger charge is 2.26. The van der Waals surface area contributed by atoms with Gasteiger partial charge in [-0.25, -0.2) is 4.79 Å². The summed E-state index contributed by atoms with van der Waals surface area (Å²) < 4.78 is 10.8. The summed E-state index contributed by atoms with van der Waals surface area (Å²) in [5.74, 6) is 1.24. The van der Waals surface area contributed by atoms with Crippen molar-refractivity contribution in [1.82, 2.24) is 9.80 Å². The summed E-state index contributed by atoms with van der Waals surface area (Å²) in [6, 6.07) is 5.79. The number of hydrogen-bond donors (Lipinski definition) is 1. The monoisotopic (exact) mass is 347 g/mol. The summed E-state index contributed by atoms with van der Waals surface area (Å²) in [7, 11) is 1.63. The van der Waals surface area contributed by atoms with E-state index in [9.17, 15) is 4.79 Å². The van der Waals surface area contributed by atoms with Gasteiger partial charge >= 0.3 is 6.03 Å². The minimum atomic E-state index is -0.0335. The third-order valence-corrected chi connectivity index (χ3v) is 5.02. The van der Waals surface area contributed by atoms with Gasteiger partial charge in [-0.1, -0.05) is 6.07 Å². The Bertz CT molecular complexity index is 587. The van der Waals surface area contributed by atoms with Crippen LogP contribution in [0, 0.1) is 12.8 Å². The van der Waals surface area contributed by atoms with Crippen molar-refractivity contribution < 1.29 is 14.3 Å². The highest BCUT2D eigenvalue weighted by molar-refractivity contribution is 5.91. The number of nitrogens with one attached hydrogen (secondary N) is 1. The molecule has 0 radical (unpaired) electrons. The first-order chi connectivity index (χ1) is 12.2. The zero-order valence-electron chi connectivity index (χ0n) is 15.3. The maximum Gasteiger partial charge on any atom is 0.321 e. The van der Waals surface area contributed by atoms with Gasteiger partial charge < -0.3 is 19.7 Å². The van der Waals surface area contributed by atoms with E-state index >= 15 is 0 Å². The van der Waals surface area contributed by atoms with Crippen LogP contribution in [0.25, 0.3) is 0 Å². The Morgan fingerprint density at radius 2 is 2.12 bits per heavy atom. The number of urea groups is 1. The minimum absolute atomic E-state index is 0.0335. The summed E-state index contributed by atoms with van der Waals surface area (Å²) in [5, 5.41) is 3.01. The topological polar surface area (TPSA) is 54.0 Å². The number of carbonyl (C=O) groups excluding carboxylic acids is 1. The van der Waals surface area contributed by atoms with Gasteiger partial charge in [-0.05, 0) is 43.4 Å². The van der Waals surface area contributed by atoms with Gasteiger partial charge in [0.05, 0.1) is 26.0 Å². The predicted octanol–water partition coefficient (Wildman–Crippen LogP) is 2.58. The molecular formula is C19H29N3O3. The van der Waals surface area contributed by atoms with E-state index in [-0.39, 0.29) is 6.03 Å². The molecule has 0 aliphatic carbocycles. The number of hydrogen-bond acceptors (Lipinski definition) is 4. The normalized spacial score (nSPS) is 21.8. The molecule has 0 bridgehead atoms. The van der Waals surface area contributed by atoms with Gasteiger partial charge in [0.1, 0.15) is 5.75 Å². The van der Waals surface area contributed by atoms with E-state index in [0.29, 0.717) is 11.7 Å². The molecule has 2 aliphatic rings. The fraction of sp³-hybridized carbons (Fsp3) is 0.632. The number of benzene rings is 1. The van der Waals surface area contributed by atoms with Crippen LogP contribution in [0.15, 0.2) is 18.2 Å². The number of piperidine rings is 1. The number of amides is 2. The quantitative estimate of drug-likeness (QED) is 0.910. The van der Waals surface area contributed by atoms with Crippen LogP contribution in [0.2, 0.25) is 0 Å². The van der Waals surface area contributed by atoms with Gasteiger partial charge in [-0.15, -0.1) is 0 Å². The lowest BCUT2D eigenvalue weighted by atomic mass is 9.97. The minimum Gasteiger partial charge on any atom is -0.495 e. The number of nitrogens with zero attached hydrogens (tertiary/aromatic N) is 2. The average molecular weight is 347 g/mol. The number of aryl methyl sites for hydroxylation is 1. The molecule has 6 nitrogen and oxygen atoms in total. The van der Waals surface area contributed by atoms with Gasteiger partial charge in [0, 0.05) is 32.7 Å². The van der Waals surface area contributed by atoms with E-state index < -0.39 is 0 Å². The second kappa shape index (κ2) is 8.54. The maximum atomic E-state index is 12.7. The molecule has 1 aromatic carbocycles. The van der Waals surface area contributed by atoms with E-state index in [1.807, 2.05) is 30.0 Å². The highest BCUT2D eigenvalue weighted by atomic mass is 16.5. The highest BCUT2D eigenvalue weighted by Crippen LogP contribution is 2.26. The molecule has 0 aromatic heterocycles. The molecule has 6 heteroatoms. The van der Waals surface area contributed by atoms with Crippen LogP contribution in [-0.4, -0.2) is 68.9 Å². The summed E-state index contributed by atoms with van der Waals surface area (Å²) in [5.41, 5.74) is 1.84. The van der Waals surface area contributed by atoms with Crippen LogP contribution in [0.1, 0.15) is 18.4 Å². The number of anilines is 1. The molecule has 3 rings (SSSR count). The van der Waals surface area contributed by atoms with E-state index in [4.69, 9.17) is 9.47 Å². The molecule has 2 aliphatic heterocycles. The lowest BCUT2D eigenvalue weighted by Gasteiger charge is -2.36. The van der Waals surface area contributed by atoms with Crippen molar-refractivity contribution in [3.8, 4) is 5.75 Å². The molecule has 2 saturated heterocycles. The Morgan fingerprint density at radius 1 is 1.32 bits per heavy atom. The Hall–Kier alpha value is -1.79. The fourth-order valence-corrected chi connectivity index (χ4v) is 3.64. The Balaban J connectivity index is 1.56. The molecule has 138 valence electrons. The smallest absolute Gasteiger partial charge is 0.321 e. The van der Waals surface area contributed by atoms with Crippen molar-refractivity contribution in [2.75, 3.05) is 58.4 Å². The van der Waals surface area contributed by atoms with Gasteiger partial charge in [0.25, 0.3) is 0 Å². The molecule has 0 spiro atoms. The Morgan fingerprint density at radius 3 is 2.88 bits per heavy atom. The lowest BCUT2D eigenvalue weighted by molar-refractivity contribution is 0.0252. The summed E-state index contributed by atoms with van der Waals surface area (Å²) >= 11 is 0. The second-order valence-electron chi connectivity index (χ2n) is 7.00. The van der Waals surface area contributed by atoms with Crippen LogP contribution in [0.4, 0.5) is 10.5 Å². The number of rotatable bonds is 4. The zero-order valence-corrected chi connectivity index (χ0v) is 15.3. The molecule has 2 fully saturated rings. The lowest BCUT2D eigenvalue weighted by Crippen LogP contribution is -2.47. The molecule has 1 aromatic rings. The van der Waals surface area contributed by atoms with Crippen molar-refractivity contribution in [2.24, 2.45) is 5.92 Å². The van der Waals surface area contributed by atoms with E-state index in [0.717, 1.165) is 63.6 Å². The fourth-order valence-electron chi connectivity index (χ4n) is 3.64. The third-order valence-electron chi connectivity index (χ3n) is 5.02. The number of carbonyl (C=O) groups is 1. The molecule has 2 heterocycles. The number of ether oxygens (including phenoxy) is 2. The number of morpholine rings is 1. The van der Waals surface area contributed by atoms with Crippen LogP contribution < -0.4 is 10.1 Å². The maximum absolute atomic E-state index is 12.7. The average Bonchev–Trinajstić information content (AvgIpc) is 2.64. The zero-order chi connectivity index (χ0) is 17.6. The standard InChI is InChI=1S/C19H29N3O3/c1-15-5-6-17(18(12-15)24-2)20-19(23)22-7-3-4-16(14-22)13-21-8-10-25-11-9-21/h5-6,12,16H,3-4,7-11,13-14H2,1-2H3,(H,20,23)/t16-/m0/s1. The molecular weight excluding hydrogens is 318 g/mol. The van der Waals surface area contributed by atoms with Crippen molar-refractivity contribution in [1.29, 1.82) is 0 Å². The SMILES string of the molecule is COc1cc(C)ccc1NC(=O)N1CCC[C@@H](CN2CCOCC2)C1.